The van der Waals surface area contributed by atoms with Gasteiger partial charge >= 0.3 is 0 Å². The van der Waals surface area contributed by atoms with E-state index in [2.05, 4.69) is 15.6 Å². The molecule has 2 rings (SSSR count). The van der Waals surface area contributed by atoms with Crippen LogP contribution in [-0.4, -0.2) is 10.1 Å². The van der Waals surface area contributed by atoms with E-state index in [9.17, 15) is 0 Å². The molecule has 0 aliphatic rings. The van der Waals surface area contributed by atoms with Gasteiger partial charge in [0.2, 0.25) is 0 Å². The van der Waals surface area contributed by atoms with Crippen molar-refractivity contribution in [1.29, 1.82) is 0 Å². The number of nitrogens with one attached hydrogen (secondary N) is 2. The van der Waals surface area contributed by atoms with Crippen LogP contribution < -0.4 is 10.6 Å². The maximum Gasteiger partial charge on any atom is 0.176 e. The number of nitrogens with zero attached hydrogens (tertiary/aromatic N) is 1. The zero-order valence-corrected chi connectivity index (χ0v) is 12.3. The Labute approximate surface area is 123 Å². The number of thiocarbonyl (C=S) groups is 1. The summed E-state index contributed by atoms with van der Waals surface area (Å²) in [6.07, 6.45) is 0. The van der Waals surface area contributed by atoms with Gasteiger partial charge in [-0.3, -0.25) is 0 Å². The van der Waals surface area contributed by atoms with Crippen LogP contribution in [-0.2, 0) is 0 Å². The number of aromatic nitrogens is 1. The second-order valence-corrected chi connectivity index (χ2v) is 5.02. The molecule has 1 aromatic heterocycles. The topological polar surface area (TPSA) is 37.0 Å². The molecule has 2 aromatic rings. The van der Waals surface area contributed by atoms with Crippen molar-refractivity contribution < 1.29 is 0 Å². The van der Waals surface area contributed by atoms with Crippen LogP contribution in [0.1, 0.15) is 11.3 Å². The molecule has 0 unspecified atom stereocenters. The second kappa shape index (κ2) is 5.99. The Kier molecular flexibility index (Phi) is 4.35. The van der Waals surface area contributed by atoms with Gasteiger partial charge in [-0.05, 0) is 55.9 Å². The molecule has 0 bridgehead atoms. The van der Waals surface area contributed by atoms with Gasteiger partial charge in [-0.1, -0.05) is 23.7 Å². The minimum absolute atomic E-state index is 0.484. The van der Waals surface area contributed by atoms with Crippen LogP contribution >= 0.6 is 23.8 Å². The molecule has 0 amide bonds. The molecule has 0 radical (unpaired) electrons. The highest BCUT2D eigenvalue weighted by Gasteiger charge is 2.02. The molecule has 0 saturated carbocycles. The zero-order valence-electron chi connectivity index (χ0n) is 10.7. The largest absolute Gasteiger partial charge is 0.332 e. The molecule has 0 aliphatic carbocycles. The summed E-state index contributed by atoms with van der Waals surface area (Å²) in [4.78, 5) is 4.32. The number of aryl methyl sites for hydroxylation is 2. The first-order valence-corrected chi connectivity index (χ1v) is 6.61. The smallest absolute Gasteiger partial charge is 0.176 e. The fourth-order valence-electron chi connectivity index (χ4n) is 1.56. The summed E-state index contributed by atoms with van der Waals surface area (Å²) in [5, 5.41) is 7.30. The van der Waals surface area contributed by atoms with Crippen LogP contribution in [0.25, 0.3) is 0 Å². The van der Waals surface area contributed by atoms with Crippen molar-refractivity contribution in [3.05, 3.63) is 52.7 Å². The highest BCUT2D eigenvalue weighted by Crippen LogP contribution is 2.20. The van der Waals surface area contributed by atoms with Gasteiger partial charge in [0.25, 0.3) is 0 Å². The first kappa shape index (κ1) is 13.8. The number of rotatable bonds is 2. The van der Waals surface area contributed by atoms with Crippen LogP contribution in [0.3, 0.4) is 0 Å². The van der Waals surface area contributed by atoms with Gasteiger partial charge < -0.3 is 10.6 Å². The molecular weight excluding hydrogens is 278 g/mol. The Morgan fingerprint density at radius 3 is 2.63 bits per heavy atom. The van der Waals surface area contributed by atoms with Gasteiger partial charge in [-0.25, -0.2) is 4.98 Å². The molecule has 98 valence electrons. The number of hydrogen-bond acceptors (Lipinski definition) is 2. The lowest BCUT2D eigenvalue weighted by Gasteiger charge is -2.11. The molecular formula is C14H14ClN3S. The van der Waals surface area contributed by atoms with E-state index in [4.69, 9.17) is 23.8 Å². The van der Waals surface area contributed by atoms with E-state index in [0.717, 1.165) is 22.8 Å². The Morgan fingerprint density at radius 2 is 1.95 bits per heavy atom. The summed E-state index contributed by atoms with van der Waals surface area (Å²) < 4.78 is 0. The van der Waals surface area contributed by atoms with Crippen LogP contribution in [0, 0.1) is 13.8 Å². The standard InChI is InChI=1S/C14H14ClN3S/c1-9-6-7-11(8-12(9)15)17-14(19)18-13-5-3-4-10(2)16-13/h3-8H,1-2H3,(H2,16,17,18,19). The van der Waals surface area contributed by atoms with Crippen molar-refractivity contribution in [2.45, 2.75) is 13.8 Å². The second-order valence-electron chi connectivity index (χ2n) is 4.21. The number of benzene rings is 1. The van der Waals surface area contributed by atoms with E-state index in [1.54, 1.807) is 0 Å². The van der Waals surface area contributed by atoms with Crippen molar-refractivity contribution >= 4 is 40.4 Å². The maximum absolute atomic E-state index is 6.06. The third-order valence-corrected chi connectivity index (χ3v) is 3.17. The average molecular weight is 292 g/mol. The SMILES string of the molecule is Cc1cccc(NC(=S)Nc2ccc(C)c(Cl)c2)n1. The average Bonchev–Trinajstić information content (AvgIpc) is 2.34. The van der Waals surface area contributed by atoms with Crippen molar-refractivity contribution in [2.24, 2.45) is 0 Å². The summed E-state index contributed by atoms with van der Waals surface area (Å²) in [5.41, 5.74) is 2.82. The number of anilines is 2. The molecule has 19 heavy (non-hydrogen) atoms. The molecule has 0 aliphatic heterocycles. The molecule has 0 spiro atoms. The first-order valence-electron chi connectivity index (χ1n) is 5.82. The van der Waals surface area contributed by atoms with E-state index in [-0.39, 0.29) is 0 Å². The maximum atomic E-state index is 6.06. The van der Waals surface area contributed by atoms with E-state index < -0.39 is 0 Å². The Hall–Kier alpha value is -1.65. The normalized spacial score (nSPS) is 10.1. The summed E-state index contributed by atoms with van der Waals surface area (Å²) in [7, 11) is 0. The molecule has 1 heterocycles. The molecule has 0 fully saturated rings. The van der Waals surface area contributed by atoms with E-state index in [1.165, 1.54) is 0 Å². The van der Waals surface area contributed by atoms with E-state index >= 15 is 0 Å². The van der Waals surface area contributed by atoms with Crippen LogP contribution in [0.15, 0.2) is 36.4 Å². The lowest BCUT2D eigenvalue weighted by Crippen LogP contribution is -2.19. The summed E-state index contributed by atoms with van der Waals surface area (Å²) in [6.45, 7) is 3.89. The minimum atomic E-state index is 0.484. The number of hydrogen-bond donors (Lipinski definition) is 2. The van der Waals surface area contributed by atoms with E-state index in [1.807, 2.05) is 50.2 Å². The highest BCUT2D eigenvalue weighted by atomic mass is 35.5. The lowest BCUT2D eigenvalue weighted by molar-refractivity contribution is 1.20. The van der Waals surface area contributed by atoms with E-state index in [0.29, 0.717) is 10.1 Å². The fourth-order valence-corrected chi connectivity index (χ4v) is 1.96. The van der Waals surface area contributed by atoms with Crippen molar-refractivity contribution in [3.63, 3.8) is 0 Å². The predicted octanol–water partition coefficient (Wildman–Crippen LogP) is 4.16. The monoisotopic (exact) mass is 291 g/mol. The summed E-state index contributed by atoms with van der Waals surface area (Å²) >= 11 is 11.3. The molecule has 2 N–H and O–H groups in total. The molecule has 1 aromatic carbocycles. The van der Waals surface area contributed by atoms with Gasteiger partial charge in [0.05, 0.1) is 0 Å². The van der Waals surface area contributed by atoms with Crippen LogP contribution in [0.2, 0.25) is 5.02 Å². The summed E-state index contributed by atoms with van der Waals surface area (Å²) in [6, 6.07) is 11.4. The third-order valence-electron chi connectivity index (χ3n) is 2.56. The molecule has 5 heteroatoms. The van der Waals surface area contributed by atoms with Gasteiger partial charge in [-0.15, -0.1) is 0 Å². The van der Waals surface area contributed by atoms with Crippen LogP contribution in [0.5, 0.6) is 0 Å². The van der Waals surface area contributed by atoms with Gasteiger partial charge in [0.15, 0.2) is 5.11 Å². The Bertz CT molecular complexity index is 613. The van der Waals surface area contributed by atoms with Gasteiger partial charge in [-0.2, -0.15) is 0 Å². The number of pyridine rings is 1. The van der Waals surface area contributed by atoms with Crippen molar-refractivity contribution in [1.82, 2.24) is 4.98 Å². The molecule has 3 nitrogen and oxygen atoms in total. The molecule has 0 atom stereocenters. The quantitative estimate of drug-likeness (QED) is 0.815. The van der Waals surface area contributed by atoms with Gasteiger partial charge in [0, 0.05) is 16.4 Å². The number of halogens is 1. The van der Waals surface area contributed by atoms with Crippen molar-refractivity contribution in [2.75, 3.05) is 10.6 Å². The van der Waals surface area contributed by atoms with Gasteiger partial charge in [0.1, 0.15) is 5.82 Å². The Balaban J connectivity index is 2.03. The predicted molar refractivity (Wildman–Crippen MR) is 85.0 cm³/mol. The minimum Gasteiger partial charge on any atom is -0.332 e. The highest BCUT2D eigenvalue weighted by molar-refractivity contribution is 7.80. The Morgan fingerprint density at radius 1 is 1.16 bits per heavy atom. The van der Waals surface area contributed by atoms with Crippen molar-refractivity contribution in [3.8, 4) is 0 Å². The van der Waals surface area contributed by atoms with Crippen LogP contribution in [0.4, 0.5) is 11.5 Å². The third kappa shape index (κ3) is 3.91. The lowest BCUT2D eigenvalue weighted by atomic mass is 10.2. The zero-order chi connectivity index (χ0) is 13.8. The first-order chi connectivity index (χ1) is 9.04. The fraction of sp³-hybridized carbons (Fsp3) is 0.143. The summed E-state index contributed by atoms with van der Waals surface area (Å²) in [5.74, 6) is 0.718. The molecule has 0 saturated heterocycles.